The van der Waals surface area contributed by atoms with Crippen molar-refractivity contribution in [2.24, 2.45) is 0 Å². The smallest absolute Gasteiger partial charge is 0.346 e. The van der Waals surface area contributed by atoms with Gasteiger partial charge in [0.1, 0.15) is 11.1 Å². The number of aromatic nitrogens is 1. The molecular formula is C12H13N2O2+. The number of carbonyl (C=O) groups excluding carboxylic acids is 1. The molecule has 0 atom stereocenters. The Bertz CT molecular complexity index is 538. The van der Waals surface area contributed by atoms with Crippen molar-refractivity contribution in [3.63, 3.8) is 0 Å². The van der Waals surface area contributed by atoms with Gasteiger partial charge in [0.15, 0.2) is 0 Å². The third kappa shape index (κ3) is 1.82. The van der Waals surface area contributed by atoms with E-state index in [1.165, 1.54) is 0 Å². The summed E-state index contributed by atoms with van der Waals surface area (Å²) in [5, 5.41) is 0.930. The van der Waals surface area contributed by atoms with Crippen LogP contribution >= 0.6 is 0 Å². The van der Waals surface area contributed by atoms with Gasteiger partial charge in [-0.15, -0.1) is 0 Å². The monoisotopic (exact) mass is 217 g/mol. The van der Waals surface area contributed by atoms with Crippen molar-refractivity contribution >= 4 is 22.7 Å². The zero-order valence-electron chi connectivity index (χ0n) is 8.99. The Morgan fingerprint density at radius 2 is 2.19 bits per heavy atom. The van der Waals surface area contributed by atoms with E-state index < -0.39 is 5.97 Å². The molecule has 3 N–H and O–H groups in total. The first kappa shape index (κ1) is 10.4. The number of benzene rings is 1. The maximum Gasteiger partial charge on any atom is 0.346 e. The zero-order valence-corrected chi connectivity index (χ0v) is 8.99. The van der Waals surface area contributed by atoms with Crippen LogP contribution in [0.25, 0.3) is 10.9 Å². The summed E-state index contributed by atoms with van der Waals surface area (Å²) in [4.78, 5) is 14.6. The van der Waals surface area contributed by atoms with Gasteiger partial charge in [-0.25, -0.2) is 9.78 Å². The van der Waals surface area contributed by atoms with E-state index in [4.69, 9.17) is 10.5 Å². The second kappa shape index (κ2) is 4.18. The molecule has 0 spiro atoms. The molecule has 0 amide bonds. The van der Waals surface area contributed by atoms with Crippen molar-refractivity contribution in [1.29, 1.82) is 0 Å². The van der Waals surface area contributed by atoms with Gasteiger partial charge in [0.25, 0.3) is 5.82 Å². The molecule has 1 aromatic carbocycles. The first-order chi connectivity index (χ1) is 7.72. The van der Waals surface area contributed by atoms with Crippen LogP contribution in [0.15, 0.2) is 30.3 Å². The Hall–Kier alpha value is -2.10. The lowest BCUT2D eigenvalue weighted by Crippen LogP contribution is -2.18. The van der Waals surface area contributed by atoms with Crippen molar-refractivity contribution in [2.45, 2.75) is 6.92 Å². The van der Waals surface area contributed by atoms with Crippen LogP contribution in [0.2, 0.25) is 0 Å². The van der Waals surface area contributed by atoms with Gasteiger partial charge in [-0.2, -0.15) is 0 Å². The summed E-state index contributed by atoms with van der Waals surface area (Å²) < 4.78 is 4.92. The molecule has 2 rings (SSSR count). The third-order valence-corrected chi connectivity index (χ3v) is 2.32. The number of H-pyrrole nitrogens is 1. The van der Waals surface area contributed by atoms with E-state index >= 15 is 0 Å². The van der Waals surface area contributed by atoms with E-state index in [0.29, 0.717) is 18.0 Å². The fourth-order valence-electron chi connectivity index (χ4n) is 1.56. The molecule has 0 fully saturated rings. The van der Waals surface area contributed by atoms with Gasteiger partial charge >= 0.3 is 5.97 Å². The molecule has 0 aliphatic rings. The number of hydrogen-bond acceptors (Lipinski definition) is 3. The van der Waals surface area contributed by atoms with E-state index in [1.807, 2.05) is 24.3 Å². The van der Waals surface area contributed by atoms with Crippen molar-refractivity contribution < 1.29 is 14.5 Å². The molecule has 1 heterocycles. The summed E-state index contributed by atoms with van der Waals surface area (Å²) in [7, 11) is 0. The molecule has 1 aromatic heterocycles. The maximum absolute atomic E-state index is 11.6. The highest BCUT2D eigenvalue weighted by Crippen LogP contribution is 2.15. The van der Waals surface area contributed by atoms with E-state index in [1.54, 1.807) is 13.0 Å². The topological polar surface area (TPSA) is 66.5 Å². The fourth-order valence-corrected chi connectivity index (χ4v) is 1.56. The zero-order chi connectivity index (χ0) is 11.5. The Morgan fingerprint density at radius 3 is 2.94 bits per heavy atom. The quantitative estimate of drug-likeness (QED) is 0.773. The van der Waals surface area contributed by atoms with E-state index in [9.17, 15) is 4.79 Å². The van der Waals surface area contributed by atoms with Gasteiger partial charge in [-0.3, -0.25) is 5.73 Å². The molecule has 82 valence electrons. The minimum Gasteiger partial charge on any atom is -0.462 e. The predicted molar refractivity (Wildman–Crippen MR) is 60.9 cm³/mol. The molecule has 0 saturated heterocycles. The highest BCUT2D eigenvalue weighted by atomic mass is 16.5. The highest BCUT2D eigenvalue weighted by molar-refractivity contribution is 5.96. The van der Waals surface area contributed by atoms with E-state index in [0.717, 1.165) is 10.9 Å². The van der Waals surface area contributed by atoms with Crippen LogP contribution in [0.4, 0.5) is 5.82 Å². The standard InChI is InChI=1S/C12H12N2O2/c1-2-16-12(15)9-7-8-5-3-4-6-10(8)14-11(9)13/h3-7H,2H2,1H3,(H2,13,14)/p+1. The maximum atomic E-state index is 11.6. The lowest BCUT2D eigenvalue weighted by molar-refractivity contribution is -0.326. The van der Waals surface area contributed by atoms with E-state index in [2.05, 4.69) is 4.98 Å². The number of hydrogen-bond donors (Lipinski definition) is 1. The van der Waals surface area contributed by atoms with Gasteiger partial charge in [0, 0.05) is 5.39 Å². The summed E-state index contributed by atoms with van der Waals surface area (Å²) in [6, 6.07) is 9.36. The molecule has 0 bridgehead atoms. The molecule has 0 saturated carbocycles. The lowest BCUT2D eigenvalue weighted by Gasteiger charge is -2.02. The summed E-state index contributed by atoms with van der Waals surface area (Å²) in [5.74, 6) is -0.0702. The number of rotatable bonds is 2. The predicted octanol–water partition coefficient (Wildman–Crippen LogP) is 1.41. The van der Waals surface area contributed by atoms with Crippen LogP contribution in [-0.2, 0) is 4.74 Å². The Labute approximate surface area is 93.0 Å². The number of esters is 1. The Morgan fingerprint density at radius 1 is 1.44 bits per heavy atom. The highest BCUT2D eigenvalue weighted by Gasteiger charge is 2.16. The molecule has 2 aromatic rings. The minimum atomic E-state index is -0.401. The molecule has 0 radical (unpaired) electrons. The number of carbonyl (C=O) groups is 1. The molecule has 0 unspecified atom stereocenters. The van der Waals surface area contributed by atoms with Gasteiger partial charge in [0.2, 0.25) is 0 Å². The number of ether oxygens (including phenoxy) is 1. The number of para-hydroxylation sites is 1. The number of fused-ring (bicyclic) bond motifs is 1. The molecule has 4 nitrogen and oxygen atoms in total. The van der Waals surface area contributed by atoms with Crippen LogP contribution in [-0.4, -0.2) is 12.6 Å². The summed E-state index contributed by atoms with van der Waals surface area (Å²) in [6.45, 7) is 2.10. The summed E-state index contributed by atoms with van der Waals surface area (Å²) in [5.41, 5.74) is 7.03. The van der Waals surface area contributed by atoms with Gasteiger partial charge in [-0.05, 0) is 19.1 Å². The number of aromatic amines is 1. The normalized spacial score (nSPS) is 10.3. The van der Waals surface area contributed by atoms with Crippen LogP contribution in [0.3, 0.4) is 0 Å². The molecule has 4 heteroatoms. The third-order valence-electron chi connectivity index (χ3n) is 2.32. The number of nitrogens with two attached hydrogens (primary N) is 1. The molecule has 16 heavy (non-hydrogen) atoms. The van der Waals surface area contributed by atoms with Crippen LogP contribution in [0, 0.1) is 0 Å². The van der Waals surface area contributed by atoms with Crippen molar-refractivity contribution in [3.05, 3.63) is 35.9 Å². The molecule has 0 aliphatic heterocycles. The minimum absolute atomic E-state index is 0.331. The number of nitrogen functional groups attached to an aromatic ring is 1. The Balaban J connectivity index is 2.54. The second-order valence-electron chi connectivity index (χ2n) is 3.40. The van der Waals surface area contributed by atoms with Crippen molar-refractivity contribution in [3.8, 4) is 0 Å². The SMILES string of the molecule is CCOC(=O)c1cc2ccccc2[nH+]c1N. The average Bonchev–Trinajstić information content (AvgIpc) is 2.28. The van der Waals surface area contributed by atoms with Crippen LogP contribution < -0.4 is 10.7 Å². The van der Waals surface area contributed by atoms with Gasteiger partial charge in [0.05, 0.1) is 6.61 Å². The van der Waals surface area contributed by atoms with Gasteiger partial charge < -0.3 is 4.74 Å². The molecule has 0 aliphatic carbocycles. The van der Waals surface area contributed by atoms with Crippen LogP contribution in [0.1, 0.15) is 17.3 Å². The first-order valence-corrected chi connectivity index (χ1v) is 5.10. The fraction of sp³-hybridized carbons (Fsp3) is 0.167. The summed E-state index contributed by atoms with van der Waals surface area (Å²) in [6.07, 6.45) is 0. The number of nitrogens with one attached hydrogen (secondary N) is 1. The summed E-state index contributed by atoms with van der Waals surface area (Å²) >= 11 is 0. The number of pyridine rings is 1. The van der Waals surface area contributed by atoms with E-state index in [-0.39, 0.29) is 0 Å². The van der Waals surface area contributed by atoms with Crippen molar-refractivity contribution in [1.82, 2.24) is 0 Å². The first-order valence-electron chi connectivity index (χ1n) is 5.10. The number of anilines is 1. The Kier molecular flexibility index (Phi) is 2.72. The molecular weight excluding hydrogens is 204 g/mol. The van der Waals surface area contributed by atoms with Crippen LogP contribution in [0.5, 0.6) is 0 Å². The largest absolute Gasteiger partial charge is 0.462 e. The lowest BCUT2D eigenvalue weighted by atomic mass is 10.1. The van der Waals surface area contributed by atoms with Crippen molar-refractivity contribution in [2.75, 3.05) is 12.3 Å². The second-order valence-corrected chi connectivity index (χ2v) is 3.40. The average molecular weight is 217 g/mol. The van der Waals surface area contributed by atoms with Gasteiger partial charge in [-0.1, -0.05) is 18.2 Å².